The number of hydrogen-bond donors (Lipinski definition) is 0. The highest BCUT2D eigenvalue weighted by Gasteiger charge is 2.28. The van der Waals surface area contributed by atoms with E-state index in [0.717, 1.165) is 0 Å². The molecule has 0 aliphatic heterocycles. The SMILES string of the molecule is CCCCCCCCCCCC1c2ccc(Br)cc2-c2ccc(Br)cc21. The summed E-state index contributed by atoms with van der Waals surface area (Å²) in [6.45, 7) is 2.29. The highest BCUT2D eigenvalue weighted by Crippen LogP contribution is 2.48. The first-order valence-corrected chi connectivity index (χ1v) is 11.9. The highest BCUT2D eigenvalue weighted by atomic mass is 79.9. The van der Waals surface area contributed by atoms with Gasteiger partial charge in [-0.05, 0) is 52.9 Å². The summed E-state index contributed by atoms with van der Waals surface area (Å²) in [7, 11) is 0. The fraction of sp³-hybridized carbons (Fsp3) is 0.500. The molecule has 0 saturated carbocycles. The van der Waals surface area contributed by atoms with E-state index in [-0.39, 0.29) is 0 Å². The van der Waals surface area contributed by atoms with Crippen molar-refractivity contribution in [2.24, 2.45) is 0 Å². The number of halogens is 2. The zero-order valence-corrected chi connectivity index (χ0v) is 19.0. The predicted octanol–water partition coefficient (Wildman–Crippen LogP) is 9.24. The number of rotatable bonds is 10. The Morgan fingerprint density at radius 3 is 2.00 bits per heavy atom. The molecule has 1 atom stereocenters. The van der Waals surface area contributed by atoms with Crippen LogP contribution in [0.3, 0.4) is 0 Å². The summed E-state index contributed by atoms with van der Waals surface area (Å²) >= 11 is 7.32. The second kappa shape index (κ2) is 10.1. The topological polar surface area (TPSA) is 0 Å². The Hall–Kier alpha value is -0.600. The molecule has 26 heavy (non-hydrogen) atoms. The molecule has 1 aliphatic carbocycles. The first kappa shape index (κ1) is 20.1. The Labute approximate surface area is 176 Å². The van der Waals surface area contributed by atoms with E-state index >= 15 is 0 Å². The summed E-state index contributed by atoms with van der Waals surface area (Å²) in [5, 5.41) is 0. The molecule has 2 aromatic rings. The van der Waals surface area contributed by atoms with E-state index in [1.807, 2.05) is 0 Å². The highest BCUT2D eigenvalue weighted by molar-refractivity contribution is 9.10. The molecule has 0 N–H and O–H groups in total. The van der Waals surface area contributed by atoms with Crippen molar-refractivity contribution in [3.05, 3.63) is 56.5 Å². The Morgan fingerprint density at radius 2 is 1.27 bits per heavy atom. The summed E-state index contributed by atoms with van der Waals surface area (Å²) in [4.78, 5) is 0. The number of hydrogen-bond acceptors (Lipinski definition) is 0. The molecule has 0 fully saturated rings. The third-order valence-electron chi connectivity index (χ3n) is 5.67. The zero-order chi connectivity index (χ0) is 18.4. The average molecular weight is 478 g/mol. The molecule has 1 aliphatic rings. The second-order valence-electron chi connectivity index (χ2n) is 7.63. The van der Waals surface area contributed by atoms with Crippen molar-refractivity contribution in [2.75, 3.05) is 0 Å². The fourth-order valence-corrected chi connectivity index (χ4v) is 5.01. The van der Waals surface area contributed by atoms with Crippen molar-refractivity contribution in [1.82, 2.24) is 0 Å². The molecule has 0 saturated heterocycles. The minimum absolute atomic E-state index is 0.565. The third-order valence-corrected chi connectivity index (χ3v) is 6.65. The fourth-order valence-electron chi connectivity index (χ4n) is 4.27. The Balaban J connectivity index is 1.54. The van der Waals surface area contributed by atoms with Crippen molar-refractivity contribution < 1.29 is 0 Å². The molecule has 2 heteroatoms. The molecule has 0 aromatic heterocycles. The van der Waals surface area contributed by atoms with Gasteiger partial charge < -0.3 is 0 Å². The van der Waals surface area contributed by atoms with Gasteiger partial charge in [-0.2, -0.15) is 0 Å². The van der Waals surface area contributed by atoms with Gasteiger partial charge in [-0.25, -0.2) is 0 Å². The normalized spacial score (nSPS) is 15.1. The van der Waals surface area contributed by atoms with Crippen LogP contribution in [0.1, 0.15) is 88.2 Å². The number of fused-ring (bicyclic) bond motifs is 3. The van der Waals surface area contributed by atoms with Gasteiger partial charge >= 0.3 is 0 Å². The van der Waals surface area contributed by atoms with Gasteiger partial charge in [0.15, 0.2) is 0 Å². The molecule has 1 unspecified atom stereocenters. The first-order valence-electron chi connectivity index (χ1n) is 10.3. The van der Waals surface area contributed by atoms with E-state index in [1.165, 1.54) is 95.4 Å². The van der Waals surface area contributed by atoms with Gasteiger partial charge in [-0.15, -0.1) is 0 Å². The third kappa shape index (κ3) is 5.01. The van der Waals surface area contributed by atoms with Crippen molar-refractivity contribution in [3.8, 4) is 11.1 Å². The van der Waals surface area contributed by atoms with E-state index in [0.29, 0.717) is 5.92 Å². The maximum atomic E-state index is 3.67. The molecule has 3 rings (SSSR count). The van der Waals surface area contributed by atoms with Gasteiger partial charge in [0, 0.05) is 14.9 Å². The lowest BCUT2D eigenvalue weighted by atomic mass is 9.91. The van der Waals surface area contributed by atoms with E-state index in [1.54, 1.807) is 0 Å². The van der Waals surface area contributed by atoms with Crippen LogP contribution in [-0.4, -0.2) is 0 Å². The molecular weight excluding hydrogens is 448 g/mol. The molecule has 0 radical (unpaired) electrons. The minimum atomic E-state index is 0.565. The van der Waals surface area contributed by atoms with Crippen LogP contribution in [-0.2, 0) is 0 Å². The smallest absolute Gasteiger partial charge is 0.0181 e. The largest absolute Gasteiger partial charge is 0.0654 e. The van der Waals surface area contributed by atoms with E-state index < -0.39 is 0 Å². The maximum absolute atomic E-state index is 3.67. The monoisotopic (exact) mass is 476 g/mol. The van der Waals surface area contributed by atoms with E-state index in [4.69, 9.17) is 0 Å². The van der Waals surface area contributed by atoms with Crippen LogP contribution in [0.4, 0.5) is 0 Å². The Bertz CT molecular complexity index is 720. The van der Waals surface area contributed by atoms with Crippen molar-refractivity contribution in [1.29, 1.82) is 0 Å². The second-order valence-corrected chi connectivity index (χ2v) is 9.46. The van der Waals surface area contributed by atoms with Crippen LogP contribution in [0, 0.1) is 0 Å². The summed E-state index contributed by atoms with van der Waals surface area (Å²) in [6.07, 6.45) is 13.8. The molecule has 0 amide bonds. The molecule has 0 spiro atoms. The standard InChI is InChI=1S/C24H30Br2/c1-2-3-4-5-6-7-8-9-10-11-20-21-14-12-18(25)17-24(21)22-15-13-19(26)16-23(20)22/h12-17,20H,2-11H2,1H3. The van der Waals surface area contributed by atoms with Gasteiger partial charge in [-0.1, -0.05) is 109 Å². The van der Waals surface area contributed by atoms with Crippen molar-refractivity contribution in [2.45, 2.75) is 77.0 Å². The van der Waals surface area contributed by atoms with Crippen LogP contribution >= 0.6 is 31.9 Å². The van der Waals surface area contributed by atoms with Crippen molar-refractivity contribution >= 4 is 31.9 Å². The quantitative estimate of drug-likeness (QED) is 0.299. The number of unbranched alkanes of at least 4 members (excludes halogenated alkanes) is 8. The van der Waals surface area contributed by atoms with Gasteiger partial charge in [-0.3, -0.25) is 0 Å². The summed E-state index contributed by atoms with van der Waals surface area (Å²) in [6, 6.07) is 13.6. The molecule has 0 bridgehead atoms. The first-order chi connectivity index (χ1) is 12.7. The lowest BCUT2D eigenvalue weighted by Crippen LogP contribution is -1.97. The van der Waals surface area contributed by atoms with Gasteiger partial charge in [0.2, 0.25) is 0 Å². The van der Waals surface area contributed by atoms with Crippen LogP contribution in [0.25, 0.3) is 11.1 Å². The summed E-state index contributed by atoms with van der Waals surface area (Å²) in [5.74, 6) is 0.565. The lowest BCUT2D eigenvalue weighted by Gasteiger charge is -2.14. The van der Waals surface area contributed by atoms with Crippen LogP contribution in [0.2, 0.25) is 0 Å². The van der Waals surface area contributed by atoms with Crippen LogP contribution in [0.15, 0.2) is 45.3 Å². The minimum Gasteiger partial charge on any atom is -0.0654 e. The predicted molar refractivity (Wildman–Crippen MR) is 121 cm³/mol. The van der Waals surface area contributed by atoms with Gasteiger partial charge in [0.25, 0.3) is 0 Å². The number of benzene rings is 2. The van der Waals surface area contributed by atoms with Crippen LogP contribution < -0.4 is 0 Å². The van der Waals surface area contributed by atoms with E-state index in [2.05, 4.69) is 75.2 Å². The van der Waals surface area contributed by atoms with Crippen LogP contribution in [0.5, 0.6) is 0 Å². The van der Waals surface area contributed by atoms with Gasteiger partial charge in [0.05, 0.1) is 0 Å². The lowest BCUT2D eigenvalue weighted by molar-refractivity contribution is 0.547. The van der Waals surface area contributed by atoms with E-state index in [9.17, 15) is 0 Å². The summed E-state index contributed by atoms with van der Waals surface area (Å²) < 4.78 is 2.37. The molecule has 0 heterocycles. The van der Waals surface area contributed by atoms with Crippen molar-refractivity contribution in [3.63, 3.8) is 0 Å². The summed E-state index contributed by atoms with van der Waals surface area (Å²) in [5.41, 5.74) is 5.86. The average Bonchev–Trinajstić information content (AvgIpc) is 2.92. The zero-order valence-electron chi connectivity index (χ0n) is 15.9. The molecule has 0 nitrogen and oxygen atoms in total. The molecular formula is C24H30Br2. The Morgan fingerprint density at radius 1 is 0.654 bits per heavy atom. The van der Waals surface area contributed by atoms with Gasteiger partial charge in [0.1, 0.15) is 0 Å². The molecule has 2 aromatic carbocycles. The molecule has 140 valence electrons. The maximum Gasteiger partial charge on any atom is 0.0181 e. The Kier molecular flexibility index (Phi) is 7.81.